The van der Waals surface area contributed by atoms with Crippen LogP contribution in [0, 0.1) is 0 Å². The number of piperazine rings is 1. The lowest BCUT2D eigenvalue weighted by Gasteiger charge is -2.33. The van der Waals surface area contributed by atoms with Gasteiger partial charge in [0, 0.05) is 38.6 Å². The van der Waals surface area contributed by atoms with Crippen LogP contribution in [-0.2, 0) is 23.2 Å². The summed E-state index contributed by atoms with van der Waals surface area (Å²) in [5.41, 5.74) is 0. The largest absolute Gasteiger partial charge is 0.462 e. The highest BCUT2D eigenvalue weighted by Gasteiger charge is 2.28. The lowest BCUT2D eigenvalue weighted by Crippen LogP contribution is -2.48. The zero-order valence-corrected chi connectivity index (χ0v) is 13.4. The molecule has 1 aliphatic heterocycles. The number of rotatable bonds is 5. The molecule has 1 fully saturated rings. The van der Waals surface area contributed by atoms with Gasteiger partial charge >= 0.3 is 0 Å². The molecule has 23 heavy (non-hydrogen) atoms. The lowest BCUT2D eigenvalue weighted by molar-refractivity contribution is 0.166. The SMILES string of the molecule is O=S(=O)(c1cccnc1)N1CCN(Cc2ccc(CO)o2)CC1. The third-order valence-electron chi connectivity index (χ3n) is 3.86. The minimum Gasteiger partial charge on any atom is -0.462 e. The van der Waals surface area contributed by atoms with Crippen molar-refractivity contribution >= 4 is 10.0 Å². The summed E-state index contributed by atoms with van der Waals surface area (Å²) < 4.78 is 32.0. The number of aliphatic hydroxyl groups excluding tert-OH is 1. The van der Waals surface area contributed by atoms with Crippen LogP contribution in [0.4, 0.5) is 0 Å². The van der Waals surface area contributed by atoms with Gasteiger partial charge in [0.15, 0.2) is 0 Å². The molecule has 1 saturated heterocycles. The molecule has 0 bridgehead atoms. The minimum atomic E-state index is -3.47. The second-order valence-electron chi connectivity index (χ2n) is 5.40. The van der Waals surface area contributed by atoms with Gasteiger partial charge in [0.1, 0.15) is 23.0 Å². The second kappa shape index (κ2) is 6.79. The van der Waals surface area contributed by atoms with E-state index in [9.17, 15) is 8.42 Å². The van der Waals surface area contributed by atoms with Crippen molar-refractivity contribution < 1.29 is 17.9 Å². The quantitative estimate of drug-likeness (QED) is 0.863. The Labute approximate surface area is 135 Å². The fraction of sp³-hybridized carbons (Fsp3) is 0.400. The van der Waals surface area contributed by atoms with Gasteiger partial charge in [-0.05, 0) is 24.3 Å². The van der Waals surface area contributed by atoms with E-state index in [-0.39, 0.29) is 11.5 Å². The number of aromatic nitrogens is 1. The molecule has 0 atom stereocenters. The van der Waals surface area contributed by atoms with Crippen molar-refractivity contribution in [2.24, 2.45) is 0 Å². The van der Waals surface area contributed by atoms with E-state index < -0.39 is 10.0 Å². The maximum absolute atomic E-state index is 12.5. The van der Waals surface area contributed by atoms with E-state index in [0.717, 1.165) is 5.76 Å². The van der Waals surface area contributed by atoms with E-state index in [1.54, 1.807) is 24.4 Å². The summed E-state index contributed by atoms with van der Waals surface area (Å²) in [6.45, 7) is 2.64. The van der Waals surface area contributed by atoms with E-state index in [2.05, 4.69) is 9.88 Å². The number of sulfonamides is 1. The minimum absolute atomic E-state index is 0.114. The Morgan fingerprint density at radius 1 is 1.13 bits per heavy atom. The highest BCUT2D eigenvalue weighted by Crippen LogP contribution is 2.18. The molecule has 0 spiro atoms. The van der Waals surface area contributed by atoms with Gasteiger partial charge in [0.25, 0.3) is 0 Å². The number of hydrogen-bond donors (Lipinski definition) is 1. The van der Waals surface area contributed by atoms with Crippen molar-refractivity contribution in [3.05, 3.63) is 48.2 Å². The van der Waals surface area contributed by atoms with Crippen LogP contribution in [0.25, 0.3) is 0 Å². The average molecular weight is 337 g/mol. The normalized spacial score (nSPS) is 17.4. The van der Waals surface area contributed by atoms with Crippen LogP contribution in [0.3, 0.4) is 0 Å². The number of hydrogen-bond acceptors (Lipinski definition) is 6. The molecule has 0 saturated carbocycles. The molecule has 0 unspecified atom stereocenters. The molecule has 0 aromatic carbocycles. The third kappa shape index (κ3) is 3.61. The summed E-state index contributed by atoms with van der Waals surface area (Å²) in [7, 11) is -3.47. The van der Waals surface area contributed by atoms with Gasteiger partial charge in [-0.25, -0.2) is 8.42 Å². The fourth-order valence-electron chi connectivity index (χ4n) is 2.59. The first-order valence-corrected chi connectivity index (χ1v) is 8.84. The first-order valence-electron chi connectivity index (χ1n) is 7.40. The topological polar surface area (TPSA) is 86.9 Å². The maximum atomic E-state index is 12.5. The average Bonchev–Trinajstić information content (AvgIpc) is 3.04. The lowest BCUT2D eigenvalue weighted by atomic mass is 10.3. The van der Waals surface area contributed by atoms with E-state index in [4.69, 9.17) is 9.52 Å². The summed E-state index contributed by atoms with van der Waals surface area (Å²) in [6, 6.07) is 6.77. The zero-order chi connectivity index (χ0) is 16.3. The van der Waals surface area contributed by atoms with Gasteiger partial charge in [-0.15, -0.1) is 0 Å². The van der Waals surface area contributed by atoms with E-state index in [1.165, 1.54) is 10.5 Å². The van der Waals surface area contributed by atoms with Crippen molar-refractivity contribution in [1.29, 1.82) is 0 Å². The summed E-state index contributed by atoms with van der Waals surface area (Å²) in [6.07, 6.45) is 2.93. The van der Waals surface area contributed by atoms with Crippen LogP contribution in [-0.4, -0.2) is 53.9 Å². The Balaban J connectivity index is 1.60. The van der Waals surface area contributed by atoms with Crippen molar-refractivity contribution in [2.75, 3.05) is 26.2 Å². The monoisotopic (exact) mass is 337 g/mol. The van der Waals surface area contributed by atoms with Crippen LogP contribution < -0.4 is 0 Å². The highest BCUT2D eigenvalue weighted by molar-refractivity contribution is 7.89. The predicted molar refractivity (Wildman–Crippen MR) is 82.9 cm³/mol. The molecule has 0 radical (unpaired) electrons. The maximum Gasteiger partial charge on any atom is 0.244 e. The summed E-state index contributed by atoms with van der Waals surface area (Å²) in [5, 5.41) is 9.00. The van der Waals surface area contributed by atoms with Gasteiger partial charge in [-0.2, -0.15) is 4.31 Å². The second-order valence-corrected chi connectivity index (χ2v) is 7.33. The van der Waals surface area contributed by atoms with Crippen LogP contribution >= 0.6 is 0 Å². The van der Waals surface area contributed by atoms with Crippen LogP contribution in [0.15, 0.2) is 46.0 Å². The Bertz CT molecular complexity index is 737. The predicted octanol–water partition coefficient (Wildman–Crippen LogP) is 0.673. The van der Waals surface area contributed by atoms with Crippen molar-refractivity contribution in [1.82, 2.24) is 14.2 Å². The molecule has 8 heteroatoms. The molecule has 3 heterocycles. The van der Waals surface area contributed by atoms with Crippen molar-refractivity contribution in [2.45, 2.75) is 18.0 Å². The Morgan fingerprint density at radius 3 is 2.48 bits per heavy atom. The van der Waals surface area contributed by atoms with Crippen LogP contribution in [0.1, 0.15) is 11.5 Å². The van der Waals surface area contributed by atoms with Crippen molar-refractivity contribution in [3.63, 3.8) is 0 Å². The van der Waals surface area contributed by atoms with E-state index in [0.29, 0.717) is 38.5 Å². The number of nitrogens with zero attached hydrogens (tertiary/aromatic N) is 3. The first-order chi connectivity index (χ1) is 11.1. The number of pyridine rings is 1. The molecule has 1 N–H and O–H groups in total. The van der Waals surface area contributed by atoms with Crippen LogP contribution in [0.5, 0.6) is 0 Å². The Kier molecular flexibility index (Phi) is 4.76. The van der Waals surface area contributed by atoms with E-state index >= 15 is 0 Å². The molecule has 2 aromatic rings. The Morgan fingerprint density at radius 2 is 1.87 bits per heavy atom. The molecule has 124 valence electrons. The Hall–Kier alpha value is -1.74. The summed E-state index contributed by atoms with van der Waals surface area (Å²) in [4.78, 5) is 6.24. The smallest absolute Gasteiger partial charge is 0.244 e. The number of furan rings is 1. The van der Waals surface area contributed by atoms with Gasteiger partial charge in [0.05, 0.1) is 6.54 Å². The molecular weight excluding hydrogens is 318 g/mol. The van der Waals surface area contributed by atoms with Gasteiger partial charge in [0.2, 0.25) is 10.0 Å². The van der Waals surface area contributed by atoms with Crippen LogP contribution in [0.2, 0.25) is 0 Å². The zero-order valence-electron chi connectivity index (χ0n) is 12.6. The molecule has 2 aromatic heterocycles. The molecule has 0 amide bonds. The standard InChI is InChI=1S/C15H19N3O4S/c19-12-14-4-3-13(22-14)11-17-6-8-18(9-7-17)23(20,21)15-2-1-5-16-10-15/h1-5,10,19H,6-9,11-12H2. The molecule has 1 aliphatic rings. The third-order valence-corrected chi connectivity index (χ3v) is 5.74. The first kappa shape index (κ1) is 16.1. The fourth-order valence-corrected chi connectivity index (χ4v) is 3.98. The van der Waals surface area contributed by atoms with Gasteiger partial charge in [-0.1, -0.05) is 0 Å². The molecular formula is C15H19N3O4S. The van der Waals surface area contributed by atoms with Gasteiger partial charge < -0.3 is 9.52 Å². The molecule has 0 aliphatic carbocycles. The number of aliphatic hydroxyl groups is 1. The molecule has 7 nitrogen and oxygen atoms in total. The highest BCUT2D eigenvalue weighted by atomic mass is 32.2. The van der Waals surface area contributed by atoms with Gasteiger partial charge in [-0.3, -0.25) is 9.88 Å². The van der Waals surface area contributed by atoms with Crippen molar-refractivity contribution in [3.8, 4) is 0 Å². The summed E-state index contributed by atoms with van der Waals surface area (Å²) >= 11 is 0. The molecule has 3 rings (SSSR count). The van der Waals surface area contributed by atoms with E-state index in [1.807, 2.05) is 6.07 Å². The summed E-state index contributed by atoms with van der Waals surface area (Å²) in [5.74, 6) is 1.32.